The monoisotopic (exact) mass is 292 g/mol. The van der Waals surface area contributed by atoms with Gasteiger partial charge in [-0.05, 0) is 12.1 Å². The molecule has 0 aliphatic carbocycles. The maximum Gasteiger partial charge on any atom is 0.337 e. The molecule has 22 heavy (non-hydrogen) atoms. The first-order valence-corrected chi connectivity index (χ1v) is 6.62. The van der Waals surface area contributed by atoms with Crippen LogP contribution in [0.5, 0.6) is 0 Å². The van der Waals surface area contributed by atoms with Gasteiger partial charge in [-0.2, -0.15) is 0 Å². The van der Waals surface area contributed by atoms with Crippen LogP contribution in [0.3, 0.4) is 0 Å². The van der Waals surface area contributed by atoms with Gasteiger partial charge in [0.1, 0.15) is 6.33 Å². The van der Waals surface area contributed by atoms with Crippen LogP contribution >= 0.6 is 0 Å². The summed E-state index contributed by atoms with van der Waals surface area (Å²) in [6.45, 7) is 0. The van der Waals surface area contributed by atoms with Crippen LogP contribution in [0.25, 0.3) is 11.3 Å². The lowest BCUT2D eigenvalue weighted by Gasteiger charge is -2.08. The van der Waals surface area contributed by atoms with Crippen molar-refractivity contribution in [3.63, 3.8) is 0 Å². The average Bonchev–Trinajstić information content (AvgIpc) is 2.56. The molecule has 0 fully saturated rings. The van der Waals surface area contributed by atoms with Crippen LogP contribution in [-0.4, -0.2) is 14.9 Å². The normalized spacial score (nSPS) is 10.2. The van der Waals surface area contributed by atoms with Crippen LogP contribution in [0, 0.1) is 10.1 Å². The Labute approximate surface area is 126 Å². The predicted octanol–water partition coefficient (Wildman–Crippen LogP) is 3.80. The lowest BCUT2D eigenvalue weighted by atomic mass is 10.1. The Hall–Kier alpha value is -3.28. The molecule has 0 saturated carbocycles. The van der Waals surface area contributed by atoms with Gasteiger partial charge in [0.15, 0.2) is 5.69 Å². The highest BCUT2D eigenvalue weighted by Crippen LogP contribution is 2.33. The van der Waals surface area contributed by atoms with Crippen molar-refractivity contribution in [1.29, 1.82) is 0 Å². The number of hydrogen-bond acceptors (Lipinski definition) is 5. The van der Waals surface area contributed by atoms with Gasteiger partial charge in [-0.1, -0.05) is 48.5 Å². The van der Waals surface area contributed by atoms with E-state index in [1.807, 2.05) is 48.5 Å². The molecule has 1 aromatic heterocycles. The van der Waals surface area contributed by atoms with E-state index >= 15 is 0 Å². The molecule has 0 bridgehead atoms. The molecule has 0 aliphatic heterocycles. The molecule has 0 atom stereocenters. The smallest absolute Gasteiger partial charge is 0.334 e. The molecule has 0 saturated heterocycles. The molecule has 3 rings (SSSR count). The van der Waals surface area contributed by atoms with Gasteiger partial charge in [-0.3, -0.25) is 10.1 Å². The van der Waals surface area contributed by atoms with E-state index in [9.17, 15) is 10.1 Å². The first-order valence-electron chi connectivity index (χ1n) is 6.62. The van der Waals surface area contributed by atoms with Crippen LogP contribution in [0.15, 0.2) is 67.0 Å². The number of anilines is 2. The van der Waals surface area contributed by atoms with Crippen molar-refractivity contribution in [2.24, 2.45) is 0 Å². The van der Waals surface area contributed by atoms with Crippen molar-refractivity contribution < 1.29 is 4.92 Å². The van der Waals surface area contributed by atoms with Gasteiger partial charge in [0.2, 0.25) is 5.82 Å². The largest absolute Gasteiger partial charge is 0.337 e. The van der Waals surface area contributed by atoms with Crippen molar-refractivity contribution in [2.45, 2.75) is 0 Å². The first-order chi connectivity index (χ1) is 10.8. The minimum Gasteiger partial charge on any atom is -0.334 e. The highest BCUT2D eigenvalue weighted by atomic mass is 16.6. The first kappa shape index (κ1) is 13.7. The fourth-order valence-corrected chi connectivity index (χ4v) is 2.11. The predicted molar refractivity (Wildman–Crippen MR) is 83.8 cm³/mol. The highest BCUT2D eigenvalue weighted by molar-refractivity contribution is 5.78. The number of para-hydroxylation sites is 1. The molecular formula is C16H12N4O2. The zero-order valence-electron chi connectivity index (χ0n) is 11.5. The average molecular weight is 292 g/mol. The van der Waals surface area contributed by atoms with Crippen LogP contribution in [0.1, 0.15) is 0 Å². The Bertz CT molecular complexity index is 792. The second-order valence-corrected chi connectivity index (χ2v) is 4.53. The molecular weight excluding hydrogens is 280 g/mol. The van der Waals surface area contributed by atoms with E-state index in [-0.39, 0.29) is 11.5 Å². The second-order valence-electron chi connectivity index (χ2n) is 4.53. The van der Waals surface area contributed by atoms with Gasteiger partial charge >= 0.3 is 5.69 Å². The number of nitrogens with zero attached hydrogens (tertiary/aromatic N) is 3. The molecule has 0 unspecified atom stereocenters. The molecule has 6 nitrogen and oxygen atoms in total. The van der Waals surface area contributed by atoms with Crippen LogP contribution in [0.2, 0.25) is 0 Å². The lowest BCUT2D eigenvalue weighted by Crippen LogP contribution is -2.03. The van der Waals surface area contributed by atoms with Gasteiger partial charge in [-0.15, -0.1) is 0 Å². The lowest BCUT2D eigenvalue weighted by molar-refractivity contribution is -0.383. The minimum absolute atomic E-state index is 0.141. The Balaban J connectivity index is 2.10. The molecule has 0 amide bonds. The Morgan fingerprint density at radius 2 is 1.55 bits per heavy atom. The standard InChI is InChI=1S/C16H12N4O2/c21-20(22)15-14(12-7-3-1-4-8-12)17-11-18-16(15)19-13-9-5-2-6-10-13/h1-11H,(H,17,18,19). The number of nitrogens with one attached hydrogen (secondary N) is 1. The third-order valence-corrected chi connectivity index (χ3v) is 3.09. The van der Waals surface area contributed by atoms with Crippen LogP contribution in [-0.2, 0) is 0 Å². The summed E-state index contributed by atoms with van der Waals surface area (Å²) in [5, 5.41) is 14.5. The fourth-order valence-electron chi connectivity index (χ4n) is 2.11. The van der Waals surface area contributed by atoms with E-state index < -0.39 is 4.92 Å². The molecule has 3 aromatic rings. The summed E-state index contributed by atoms with van der Waals surface area (Å²) < 4.78 is 0. The summed E-state index contributed by atoms with van der Waals surface area (Å²) >= 11 is 0. The van der Waals surface area contributed by atoms with E-state index in [0.717, 1.165) is 5.69 Å². The van der Waals surface area contributed by atoms with Crippen molar-refractivity contribution in [3.05, 3.63) is 77.1 Å². The number of aromatic nitrogens is 2. The van der Waals surface area contributed by atoms with Crippen LogP contribution in [0.4, 0.5) is 17.2 Å². The van der Waals surface area contributed by atoms with Gasteiger partial charge in [0.05, 0.1) is 4.92 Å². The molecule has 2 aromatic carbocycles. The summed E-state index contributed by atoms with van der Waals surface area (Å²) in [7, 11) is 0. The molecule has 1 N–H and O–H groups in total. The van der Waals surface area contributed by atoms with Gasteiger partial charge in [-0.25, -0.2) is 9.97 Å². The van der Waals surface area contributed by atoms with E-state index in [0.29, 0.717) is 11.3 Å². The summed E-state index contributed by atoms with van der Waals surface area (Å²) in [5.41, 5.74) is 1.55. The Morgan fingerprint density at radius 3 is 2.18 bits per heavy atom. The topological polar surface area (TPSA) is 81.0 Å². The van der Waals surface area contributed by atoms with E-state index in [4.69, 9.17) is 0 Å². The maximum atomic E-state index is 11.5. The van der Waals surface area contributed by atoms with Crippen molar-refractivity contribution >= 4 is 17.2 Å². The van der Waals surface area contributed by atoms with E-state index in [2.05, 4.69) is 15.3 Å². The van der Waals surface area contributed by atoms with Crippen LogP contribution < -0.4 is 5.32 Å². The van der Waals surface area contributed by atoms with Gasteiger partial charge < -0.3 is 5.32 Å². The summed E-state index contributed by atoms with van der Waals surface area (Å²) in [4.78, 5) is 19.1. The summed E-state index contributed by atoms with van der Waals surface area (Å²) in [6, 6.07) is 18.2. The number of rotatable bonds is 4. The van der Waals surface area contributed by atoms with Crippen molar-refractivity contribution in [2.75, 3.05) is 5.32 Å². The van der Waals surface area contributed by atoms with Crippen molar-refractivity contribution in [1.82, 2.24) is 9.97 Å². The Kier molecular flexibility index (Phi) is 3.74. The summed E-state index contributed by atoms with van der Waals surface area (Å²) in [5.74, 6) is 0.171. The zero-order chi connectivity index (χ0) is 15.4. The molecule has 108 valence electrons. The molecule has 0 radical (unpaired) electrons. The maximum absolute atomic E-state index is 11.5. The number of nitro groups is 1. The molecule has 6 heteroatoms. The molecule has 0 spiro atoms. The van der Waals surface area contributed by atoms with E-state index in [1.165, 1.54) is 6.33 Å². The SMILES string of the molecule is O=[N+]([O-])c1c(Nc2ccccc2)ncnc1-c1ccccc1. The third kappa shape index (κ3) is 2.76. The minimum atomic E-state index is -0.465. The van der Waals surface area contributed by atoms with Crippen molar-refractivity contribution in [3.8, 4) is 11.3 Å². The molecule has 1 heterocycles. The fraction of sp³-hybridized carbons (Fsp3) is 0. The quantitative estimate of drug-likeness (QED) is 0.584. The zero-order valence-corrected chi connectivity index (χ0v) is 11.5. The highest BCUT2D eigenvalue weighted by Gasteiger charge is 2.23. The molecule has 0 aliphatic rings. The van der Waals surface area contributed by atoms with E-state index in [1.54, 1.807) is 12.1 Å². The van der Waals surface area contributed by atoms with Gasteiger partial charge in [0, 0.05) is 11.3 Å². The summed E-state index contributed by atoms with van der Waals surface area (Å²) in [6.07, 6.45) is 1.32. The van der Waals surface area contributed by atoms with Gasteiger partial charge in [0.25, 0.3) is 0 Å². The second kappa shape index (κ2) is 6.01. The Morgan fingerprint density at radius 1 is 0.909 bits per heavy atom. The number of benzene rings is 2. The third-order valence-electron chi connectivity index (χ3n) is 3.09. The number of hydrogen-bond donors (Lipinski definition) is 1.